The van der Waals surface area contributed by atoms with E-state index in [-0.39, 0.29) is 24.2 Å². The van der Waals surface area contributed by atoms with Crippen LogP contribution in [0.3, 0.4) is 0 Å². The van der Waals surface area contributed by atoms with Gasteiger partial charge in [0, 0.05) is 5.92 Å². The summed E-state index contributed by atoms with van der Waals surface area (Å²) < 4.78 is 43.8. The Morgan fingerprint density at radius 3 is 2.31 bits per heavy atom. The highest BCUT2D eigenvalue weighted by Gasteiger charge is 2.24. The number of hydrogen-bond acceptors (Lipinski definition) is 3. The van der Waals surface area contributed by atoms with E-state index in [4.69, 9.17) is 14.2 Å². The van der Waals surface area contributed by atoms with E-state index < -0.39 is 11.7 Å². The second-order valence-corrected chi connectivity index (χ2v) is 7.68. The van der Waals surface area contributed by atoms with E-state index in [0.29, 0.717) is 12.5 Å². The fourth-order valence-electron chi connectivity index (χ4n) is 3.42. The van der Waals surface area contributed by atoms with E-state index in [2.05, 4.69) is 31.2 Å². The molecule has 0 aliphatic carbocycles. The van der Waals surface area contributed by atoms with Gasteiger partial charge in [0.15, 0.2) is 11.7 Å². The van der Waals surface area contributed by atoms with Crippen LogP contribution in [0.1, 0.15) is 69.9 Å². The molecular weight excluding hydrogens is 374 g/mol. The number of hydrogen-bond donors (Lipinski definition) is 0. The number of rotatable bonds is 10. The first kappa shape index (κ1) is 23.4. The summed E-state index contributed by atoms with van der Waals surface area (Å²) in [4.78, 5) is 0. The third-order valence-corrected chi connectivity index (χ3v) is 5.49. The second kappa shape index (κ2) is 12.0. The summed E-state index contributed by atoms with van der Waals surface area (Å²) in [6, 6.07) is 8.87. The van der Waals surface area contributed by atoms with Gasteiger partial charge in [0.2, 0.25) is 0 Å². The first-order valence-electron chi connectivity index (χ1n) is 10.6. The van der Waals surface area contributed by atoms with Crippen molar-refractivity contribution >= 4 is 0 Å². The fourth-order valence-corrected chi connectivity index (χ4v) is 3.42. The van der Waals surface area contributed by atoms with Gasteiger partial charge in [0.25, 0.3) is 0 Å². The van der Waals surface area contributed by atoms with Crippen LogP contribution in [0.25, 0.3) is 0 Å². The van der Waals surface area contributed by atoms with E-state index in [0.717, 1.165) is 19.3 Å². The molecule has 2 atom stereocenters. The number of methoxy groups -OCH3 is 1. The molecule has 0 spiro atoms. The zero-order valence-corrected chi connectivity index (χ0v) is 18.1. The van der Waals surface area contributed by atoms with Crippen LogP contribution in [0.2, 0.25) is 0 Å². The number of ether oxygens (including phenoxy) is 3. The third kappa shape index (κ3) is 7.14. The summed E-state index contributed by atoms with van der Waals surface area (Å²) >= 11 is 0. The van der Waals surface area contributed by atoms with Gasteiger partial charge >= 0.3 is 0 Å². The van der Waals surface area contributed by atoms with Gasteiger partial charge in [-0.25, -0.2) is 0 Å². The van der Waals surface area contributed by atoms with E-state index in [1.807, 2.05) is 0 Å². The van der Waals surface area contributed by atoms with Crippen molar-refractivity contribution in [2.45, 2.75) is 71.3 Å². The quantitative estimate of drug-likeness (QED) is 0.244. The van der Waals surface area contributed by atoms with Crippen LogP contribution in [-0.2, 0) is 20.6 Å². The molecule has 1 aromatic rings. The van der Waals surface area contributed by atoms with Crippen molar-refractivity contribution in [3.8, 4) is 0 Å². The molecule has 1 fully saturated rings. The lowest BCUT2D eigenvalue weighted by Gasteiger charge is -2.29. The van der Waals surface area contributed by atoms with Crippen LogP contribution >= 0.6 is 0 Å². The Kier molecular flexibility index (Phi) is 9.65. The van der Waals surface area contributed by atoms with Gasteiger partial charge in [-0.3, -0.25) is 0 Å². The Balaban J connectivity index is 1.80. The van der Waals surface area contributed by atoms with Crippen molar-refractivity contribution < 1.29 is 23.0 Å². The van der Waals surface area contributed by atoms with Crippen LogP contribution < -0.4 is 0 Å². The molecule has 162 valence electrons. The molecular formula is C24H34F2O3. The average Bonchev–Trinajstić information content (AvgIpc) is 2.77. The highest BCUT2D eigenvalue weighted by Crippen LogP contribution is 2.29. The molecule has 2 unspecified atom stereocenters. The molecule has 0 radical (unpaired) electrons. The summed E-state index contributed by atoms with van der Waals surface area (Å²) in [5.41, 5.74) is 2.69. The predicted molar refractivity (Wildman–Crippen MR) is 112 cm³/mol. The van der Waals surface area contributed by atoms with Crippen molar-refractivity contribution in [1.82, 2.24) is 0 Å². The van der Waals surface area contributed by atoms with Gasteiger partial charge in [-0.1, -0.05) is 44.0 Å². The first-order chi connectivity index (χ1) is 14.0. The minimum atomic E-state index is -1.03. The van der Waals surface area contributed by atoms with Crippen LogP contribution in [-0.4, -0.2) is 26.4 Å². The minimum absolute atomic E-state index is 0.0942. The molecule has 0 saturated carbocycles. The van der Waals surface area contributed by atoms with Gasteiger partial charge in [-0.05, 0) is 50.7 Å². The van der Waals surface area contributed by atoms with Crippen molar-refractivity contribution in [1.29, 1.82) is 0 Å². The highest BCUT2D eigenvalue weighted by atomic mass is 19.2. The Labute approximate surface area is 173 Å². The molecule has 2 rings (SSSR count). The maximum atomic E-state index is 14.0. The Bertz CT molecular complexity index is 687. The molecule has 0 amide bonds. The zero-order valence-electron chi connectivity index (χ0n) is 18.1. The van der Waals surface area contributed by atoms with Crippen LogP contribution in [0.5, 0.6) is 0 Å². The smallest absolute Gasteiger partial charge is 0.199 e. The third-order valence-electron chi connectivity index (χ3n) is 5.49. The summed E-state index contributed by atoms with van der Waals surface area (Å²) in [6.45, 7) is 5.82. The molecule has 0 bridgehead atoms. The number of unbranched alkanes of at least 4 members (excludes halogenated alkanes) is 2. The highest BCUT2D eigenvalue weighted by molar-refractivity contribution is 5.26. The fraction of sp³-hybridized carbons (Fsp3) is 0.583. The van der Waals surface area contributed by atoms with Gasteiger partial charge in [-0.15, -0.1) is 0 Å². The maximum Gasteiger partial charge on any atom is 0.199 e. The summed E-state index contributed by atoms with van der Waals surface area (Å²) in [7, 11) is 1.30. The maximum absolute atomic E-state index is 14.0. The van der Waals surface area contributed by atoms with E-state index in [1.54, 1.807) is 0 Å². The second-order valence-electron chi connectivity index (χ2n) is 7.68. The van der Waals surface area contributed by atoms with Crippen LogP contribution in [0, 0.1) is 0 Å². The number of allylic oxidation sites excluding steroid dienone is 4. The van der Waals surface area contributed by atoms with Crippen molar-refractivity contribution in [2.24, 2.45) is 0 Å². The molecule has 5 heteroatoms. The molecule has 1 heterocycles. The molecule has 3 nitrogen and oxygen atoms in total. The lowest BCUT2D eigenvalue weighted by molar-refractivity contribution is -0.0354. The predicted octanol–water partition coefficient (Wildman–Crippen LogP) is 6.75. The topological polar surface area (TPSA) is 27.7 Å². The average molecular weight is 409 g/mol. The Morgan fingerprint density at radius 2 is 1.72 bits per heavy atom. The number of halogens is 2. The van der Waals surface area contributed by atoms with Gasteiger partial charge in [0.05, 0.1) is 19.8 Å². The van der Waals surface area contributed by atoms with E-state index >= 15 is 0 Å². The monoisotopic (exact) mass is 408 g/mol. The van der Waals surface area contributed by atoms with Crippen molar-refractivity contribution in [3.63, 3.8) is 0 Å². The van der Waals surface area contributed by atoms with Crippen LogP contribution in [0.4, 0.5) is 8.78 Å². The van der Waals surface area contributed by atoms with E-state index in [1.165, 1.54) is 51.3 Å². The number of aryl methyl sites for hydroxylation is 1. The van der Waals surface area contributed by atoms with Crippen LogP contribution in [0.15, 0.2) is 47.4 Å². The Hall–Kier alpha value is -1.88. The van der Waals surface area contributed by atoms with Gasteiger partial charge in [-0.2, -0.15) is 8.78 Å². The van der Waals surface area contributed by atoms with Crippen molar-refractivity contribution in [3.05, 3.63) is 58.6 Å². The summed E-state index contributed by atoms with van der Waals surface area (Å²) in [5.74, 6) is -1.90. The lowest BCUT2D eigenvalue weighted by atomic mass is 9.90. The van der Waals surface area contributed by atoms with Gasteiger partial charge in [0.1, 0.15) is 18.1 Å². The SMILES string of the molecule is CCCCCc1ccc(C2CCC(CO/C(C)=C(F)/C(F)=C(\C)OC)OC2)cc1. The first-order valence-corrected chi connectivity index (χ1v) is 10.6. The largest absolute Gasteiger partial charge is 0.498 e. The van der Waals surface area contributed by atoms with E-state index in [9.17, 15) is 8.78 Å². The lowest BCUT2D eigenvalue weighted by Crippen LogP contribution is -2.28. The standard InChI is InChI=1S/C24H34F2O3/c1-5-6-7-8-19-9-11-20(12-10-19)21-13-14-22(29-15-21)16-28-18(3)24(26)23(25)17(2)27-4/h9-12,21-22H,5-8,13-16H2,1-4H3/b23-17-,24-18-. The zero-order chi connectivity index (χ0) is 21.2. The molecule has 29 heavy (non-hydrogen) atoms. The van der Waals surface area contributed by atoms with Gasteiger partial charge < -0.3 is 14.2 Å². The normalized spacial score (nSPS) is 21.3. The Morgan fingerprint density at radius 1 is 1.03 bits per heavy atom. The number of benzene rings is 1. The molecule has 1 aliphatic heterocycles. The molecule has 0 aromatic heterocycles. The molecule has 1 saturated heterocycles. The molecule has 0 N–H and O–H groups in total. The molecule has 1 aliphatic rings. The minimum Gasteiger partial charge on any atom is -0.498 e. The summed E-state index contributed by atoms with van der Waals surface area (Å²) in [6.07, 6.45) is 6.59. The summed E-state index contributed by atoms with van der Waals surface area (Å²) in [5, 5.41) is 0. The molecule has 1 aromatic carbocycles. The van der Waals surface area contributed by atoms with Crippen molar-refractivity contribution in [2.75, 3.05) is 20.3 Å².